The second-order valence-corrected chi connectivity index (χ2v) is 6.65. The van der Waals surface area contributed by atoms with Gasteiger partial charge >= 0.3 is 5.97 Å². The molecule has 0 atom stereocenters. The summed E-state index contributed by atoms with van der Waals surface area (Å²) in [5.41, 5.74) is 2.24. The summed E-state index contributed by atoms with van der Waals surface area (Å²) in [5, 5.41) is 10.4. The van der Waals surface area contributed by atoms with Crippen molar-refractivity contribution >= 4 is 34.9 Å². The van der Waals surface area contributed by atoms with E-state index >= 15 is 0 Å². The Hall–Kier alpha value is -1.75. The Bertz CT molecular complexity index is 723. The van der Waals surface area contributed by atoms with E-state index in [1.54, 1.807) is 18.2 Å². The largest absolute Gasteiger partial charge is 0.478 e. The molecule has 1 N–H and O–H groups in total. The molecule has 2 aromatic rings. The van der Waals surface area contributed by atoms with E-state index < -0.39 is 5.97 Å². The van der Waals surface area contributed by atoms with Crippen molar-refractivity contribution in [3.63, 3.8) is 0 Å². The molecule has 0 saturated carbocycles. The maximum atomic E-state index is 11.1. The zero-order valence-corrected chi connectivity index (χ0v) is 14.6. The average Bonchev–Trinajstić information content (AvgIpc) is 2.56. The number of piperazine rings is 1. The SMILES string of the molecule is O=C(O)c1cccc(CN2CCN(c3c(Cl)cccc3Cl)CC2)c1. The van der Waals surface area contributed by atoms with Crippen molar-refractivity contribution < 1.29 is 9.90 Å². The molecule has 0 spiro atoms. The van der Waals surface area contributed by atoms with Gasteiger partial charge in [0.05, 0.1) is 21.3 Å². The minimum Gasteiger partial charge on any atom is -0.478 e. The quantitative estimate of drug-likeness (QED) is 0.889. The van der Waals surface area contributed by atoms with Gasteiger partial charge in [-0.2, -0.15) is 0 Å². The summed E-state index contributed by atoms with van der Waals surface area (Å²) in [6.07, 6.45) is 0. The summed E-state index contributed by atoms with van der Waals surface area (Å²) in [7, 11) is 0. The number of para-hydroxylation sites is 1. The fourth-order valence-electron chi connectivity index (χ4n) is 2.98. The lowest BCUT2D eigenvalue weighted by Gasteiger charge is -2.36. The highest BCUT2D eigenvalue weighted by atomic mass is 35.5. The summed E-state index contributed by atoms with van der Waals surface area (Å²) in [4.78, 5) is 15.6. The van der Waals surface area contributed by atoms with E-state index in [1.165, 1.54) is 0 Å². The average molecular weight is 365 g/mol. The molecule has 0 radical (unpaired) electrons. The second-order valence-electron chi connectivity index (χ2n) is 5.84. The molecule has 1 fully saturated rings. The predicted octanol–water partition coefficient (Wildman–Crippen LogP) is 4.01. The molecule has 1 aliphatic heterocycles. The van der Waals surface area contributed by atoms with Crippen LogP contribution in [0.3, 0.4) is 0 Å². The number of anilines is 1. The first-order valence-electron chi connectivity index (χ1n) is 7.78. The molecule has 0 bridgehead atoms. The van der Waals surface area contributed by atoms with Gasteiger partial charge in [-0.05, 0) is 29.8 Å². The van der Waals surface area contributed by atoms with E-state index in [4.69, 9.17) is 28.3 Å². The highest BCUT2D eigenvalue weighted by Gasteiger charge is 2.21. The zero-order valence-electron chi connectivity index (χ0n) is 13.1. The molecule has 1 heterocycles. The zero-order chi connectivity index (χ0) is 17.1. The number of hydrogen-bond acceptors (Lipinski definition) is 3. The smallest absolute Gasteiger partial charge is 0.335 e. The molecule has 1 saturated heterocycles. The van der Waals surface area contributed by atoms with Crippen molar-refractivity contribution in [3.8, 4) is 0 Å². The minimum absolute atomic E-state index is 0.328. The van der Waals surface area contributed by atoms with Crippen molar-refractivity contribution in [1.29, 1.82) is 0 Å². The first kappa shape index (κ1) is 17.1. The van der Waals surface area contributed by atoms with Crippen LogP contribution in [0.5, 0.6) is 0 Å². The number of carbonyl (C=O) groups is 1. The van der Waals surface area contributed by atoms with E-state index in [2.05, 4.69) is 9.80 Å². The standard InChI is InChI=1S/C18H18Cl2N2O2/c19-15-5-2-6-16(20)17(15)22-9-7-21(8-10-22)12-13-3-1-4-14(11-13)18(23)24/h1-6,11H,7-10,12H2,(H,23,24). The molecule has 126 valence electrons. The van der Waals surface area contributed by atoms with Crippen LogP contribution in [0.2, 0.25) is 10.0 Å². The number of hydrogen-bond donors (Lipinski definition) is 1. The second kappa shape index (κ2) is 7.43. The number of aromatic carboxylic acids is 1. The third-order valence-corrected chi connectivity index (χ3v) is 4.82. The van der Waals surface area contributed by atoms with E-state index in [1.807, 2.05) is 24.3 Å². The van der Waals surface area contributed by atoms with Crippen LogP contribution in [0.1, 0.15) is 15.9 Å². The summed E-state index contributed by atoms with van der Waals surface area (Å²) in [6.45, 7) is 4.16. The number of rotatable bonds is 4. The Kier molecular flexibility index (Phi) is 5.29. The molecule has 0 aromatic heterocycles. The van der Waals surface area contributed by atoms with Gasteiger partial charge in [0, 0.05) is 32.7 Å². The first-order valence-corrected chi connectivity index (χ1v) is 8.54. The van der Waals surface area contributed by atoms with E-state index in [-0.39, 0.29) is 0 Å². The molecule has 4 nitrogen and oxygen atoms in total. The molecule has 2 aromatic carbocycles. The monoisotopic (exact) mass is 364 g/mol. The van der Waals surface area contributed by atoms with Gasteiger partial charge in [-0.1, -0.05) is 41.4 Å². The topological polar surface area (TPSA) is 43.8 Å². The van der Waals surface area contributed by atoms with Gasteiger partial charge in [-0.25, -0.2) is 4.79 Å². The third kappa shape index (κ3) is 3.83. The van der Waals surface area contributed by atoms with Gasteiger partial charge < -0.3 is 10.0 Å². The van der Waals surface area contributed by atoms with Crippen LogP contribution in [0, 0.1) is 0 Å². The molecule has 0 unspecified atom stereocenters. The Morgan fingerprint density at radius 2 is 1.62 bits per heavy atom. The molecule has 3 rings (SSSR count). The van der Waals surface area contributed by atoms with Gasteiger partial charge in [0.1, 0.15) is 0 Å². The lowest BCUT2D eigenvalue weighted by molar-refractivity contribution is 0.0696. The molecular formula is C18H18Cl2N2O2. The van der Waals surface area contributed by atoms with Gasteiger partial charge in [0.15, 0.2) is 0 Å². The fraction of sp³-hybridized carbons (Fsp3) is 0.278. The van der Waals surface area contributed by atoms with E-state index in [0.29, 0.717) is 15.6 Å². The Morgan fingerprint density at radius 1 is 1.00 bits per heavy atom. The molecule has 24 heavy (non-hydrogen) atoms. The fourth-order valence-corrected chi connectivity index (χ4v) is 3.62. The summed E-state index contributed by atoms with van der Waals surface area (Å²) < 4.78 is 0. The Balaban J connectivity index is 1.63. The number of halogens is 2. The Morgan fingerprint density at radius 3 is 2.25 bits per heavy atom. The van der Waals surface area contributed by atoms with Crippen LogP contribution < -0.4 is 4.90 Å². The van der Waals surface area contributed by atoms with Gasteiger partial charge in [0.2, 0.25) is 0 Å². The minimum atomic E-state index is -0.893. The molecule has 0 amide bonds. The highest BCUT2D eigenvalue weighted by Crippen LogP contribution is 2.34. The Labute approximate surface area is 151 Å². The van der Waals surface area contributed by atoms with Crippen molar-refractivity contribution in [1.82, 2.24) is 4.90 Å². The first-order chi connectivity index (χ1) is 11.5. The molecule has 6 heteroatoms. The van der Waals surface area contributed by atoms with Crippen molar-refractivity contribution in [2.45, 2.75) is 6.54 Å². The van der Waals surface area contributed by atoms with Crippen molar-refractivity contribution in [2.75, 3.05) is 31.1 Å². The maximum absolute atomic E-state index is 11.1. The van der Waals surface area contributed by atoms with Gasteiger partial charge in [-0.15, -0.1) is 0 Å². The third-order valence-electron chi connectivity index (χ3n) is 4.21. The summed E-state index contributed by atoms with van der Waals surface area (Å²) in [6, 6.07) is 12.7. The van der Waals surface area contributed by atoms with Crippen LogP contribution >= 0.6 is 23.2 Å². The summed E-state index contributed by atoms with van der Waals surface area (Å²) in [5.74, 6) is -0.893. The highest BCUT2D eigenvalue weighted by molar-refractivity contribution is 6.39. The lowest BCUT2D eigenvalue weighted by Crippen LogP contribution is -2.46. The number of nitrogens with zero attached hydrogens (tertiary/aromatic N) is 2. The van der Waals surface area contributed by atoms with Crippen LogP contribution in [0.4, 0.5) is 5.69 Å². The van der Waals surface area contributed by atoms with Gasteiger partial charge in [0.25, 0.3) is 0 Å². The van der Waals surface area contributed by atoms with E-state index in [0.717, 1.165) is 44.0 Å². The van der Waals surface area contributed by atoms with Crippen LogP contribution in [-0.4, -0.2) is 42.2 Å². The molecule has 0 aliphatic carbocycles. The van der Waals surface area contributed by atoms with E-state index in [9.17, 15) is 4.79 Å². The van der Waals surface area contributed by atoms with Crippen molar-refractivity contribution in [3.05, 3.63) is 63.6 Å². The van der Waals surface area contributed by atoms with Crippen LogP contribution in [0.25, 0.3) is 0 Å². The van der Waals surface area contributed by atoms with Crippen LogP contribution in [-0.2, 0) is 6.54 Å². The summed E-state index contributed by atoms with van der Waals surface area (Å²) >= 11 is 12.6. The number of carboxylic acid groups (broad SMARTS) is 1. The molecule has 1 aliphatic rings. The normalized spacial score (nSPS) is 15.5. The molecular weight excluding hydrogens is 347 g/mol. The number of benzene rings is 2. The predicted molar refractivity (Wildman–Crippen MR) is 97.4 cm³/mol. The van der Waals surface area contributed by atoms with Crippen LogP contribution in [0.15, 0.2) is 42.5 Å². The van der Waals surface area contributed by atoms with Crippen molar-refractivity contribution in [2.24, 2.45) is 0 Å². The lowest BCUT2D eigenvalue weighted by atomic mass is 10.1. The maximum Gasteiger partial charge on any atom is 0.335 e. The number of carboxylic acids is 1. The van der Waals surface area contributed by atoms with Gasteiger partial charge in [-0.3, -0.25) is 4.90 Å².